The van der Waals surface area contributed by atoms with Gasteiger partial charge in [0.2, 0.25) is 5.91 Å². The highest BCUT2D eigenvalue weighted by Crippen LogP contribution is 2.20. The number of hydrogen-bond donors (Lipinski definition) is 1. The average Bonchev–Trinajstić information content (AvgIpc) is 1.86. The Bertz CT molecular complexity index is 112. The molecule has 0 aliphatic carbocycles. The van der Waals surface area contributed by atoms with Crippen LogP contribution in [0.3, 0.4) is 0 Å². The van der Waals surface area contributed by atoms with Crippen LogP contribution >= 0.6 is 11.8 Å². The minimum atomic E-state index is -0.283. The summed E-state index contributed by atoms with van der Waals surface area (Å²) in [5.41, 5.74) is 0. The summed E-state index contributed by atoms with van der Waals surface area (Å²) in [4.78, 5) is 10.9. The first-order chi connectivity index (χ1) is 4.04. The fourth-order valence-corrected chi connectivity index (χ4v) is 0.681. The molecule has 0 heterocycles. The zero-order valence-corrected chi connectivity index (χ0v) is 7.13. The Morgan fingerprint density at radius 1 is 1.56 bits per heavy atom. The van der Waals surface area contributed by atoms with Crippen LogP contribution in [0.4, 0.5) is 0 Å². The fraction of sp³-hybridized carbons (Fsp3) is 0.833. The first kappa shape index (κ1) is 8.82. The monoisotopic (exact) mass is 147 g/mol. The molecule has 54 valence electrons. The molecule has 1 N–H and O–H groups in total. The summed E-state index contributed by atoms with van der Waals surface area (Å²) < 4.78 is -0.283. The number of carbonyl (C=O) groups excluding carboxylic acids is 1. The molecule has 0 spiro atoms. The molecule has 0 aliphatic rings. The van der Waals surface area contributed by atoms with Crippen molar-refractivity contribution in [2.75, 3.05) is 13.3 Å². The third-order valence-corrected chi connectivity index (χ3v) is 2.49. The number of amides is 1. The van der Waals surface area contributed by atoms with Gasteiger partial charge in [0.15, 0.2) is 0 Å². The van der Waals surface area contributed by atoms with E-state index in [0.717, 1.165) is 0 Å². The van der Waals surface area contributed by atoms with E-state index in [2.05, 4.69) is 5.32 Å². The van der Waals surface area contributed by atoms with Gasteiger partial charge in [0.25, 0.3) is 0 Å². The van der Waals surface area contributed by atoms with E-state index < -0.39 is 0 Å². The van der Waals surface area contributed by atoms with Crippen LogP contribution in [0.5, 0.6) is 0 Å². The SMILES string of the molecule is CNC(=O)C(C)(C)SC. The number of rotatable bonds is 2. The van der Waals surface area contributed by atoms with Crippen molar-refractivity contribution < 1.29 is 4.79 Å². The summed E-state index contributed by atoms with van der Waals surface area (Å²) in [5.74, 6) is 0.0787. The van der Waals surface area contributed by atoms with Gasteiger partial charge >= 0.3 is 0 Å². The summed E-state index contributed by atoms with van der Waals surface area (Å²) in [7, 11) is 1.65. The van der Waals surface area contributed by atoms with Crippen molar-refractivity contribution in [2.24, 2.45) is 0 Å². The molecular weight excluding hydrogens is 134 g/mol. The molecule has 0 saturated heterocycles. The molecule has 9 heavy (non-hydrogen) atoms. The maximum atomic E-state index is 10.9. The summed E-state index contributed by atoms with van der Waals surface area (Å²) >= 11 is 1.55. The number of hydrogen-bond acceptors (Lipinski definition) is 2. The van der Waals surface area contributed by atoms with E-state index >= 15 is 0 Å². The third kappa shape index (κ3) is 2.26. The Morgan fingerprint density at radius 2 is 2.00 bits per heavy atom. The molecular formula is C6H13NOS. The lowest BCUT2D eigenvalue weighted by Crippen LogP contribution is -2.37. The van der Waals surface area contributed by atoms with Crippen LogP contribution < -0.4 is 5.32 Å². The number of nitrogens with one attached hydrogen (secondary N) is 1. The van der Waals surface area contributed by atoms with Gasteiger partial charge in [0, 0.05) is 7.05 Å². The van der Waals surface area contributed by atoms with Crippen LogP contribution in [-0.2, 0) is 4.79 Å². The molecule has 3 heteroatoms. The topological polar surface area (TPSA) is 29.1 Å². The van der Waals surface area contributed by atoms with E-state index in [4.69, 9.17) is 0 Å². The van der Waals surface area contributed by atoms with Gasteiger partial charge in [-0.25, -0.2) is 0 Å². The fourth-order valence-electron chi connectivity index (χ4n) is 0.394. The maximum Gasteiger partial charge on any atom is 0.235 e. The van der Waals surface area contributed by atoms with Crippen LogP contribution in [0.25, 0.3) is 0 Å². The molecule has 0 rings (SSSR count). The zero-order valence-electron chi connectivity index (χ0n) is 6.32. The van der Waals surface area contributed by atoms with E-state index in [1.54, 1.807) is 18.8 Å². The van der Waals surface area contributed by atoms with E-state index in [1.165, 1.54) is 0 Å². The van der Waals surface area contributed by atoms with Crippen molar-refractivity contribution in [3.05, 3.63) is 0 Å². The van der Waals surface area contributed by atoms with Gasteiger partial charge in [-0.3, -0.25) is 4.79 Å². The molecule has 0 atom stereocenters. The number of thioether (sulfide) groups is 1. The van der Waals surface area contributed by atoms with Gasteiger partial charge in [-0.1, -0.05) is 0 Å². The molecule has 0 unspecified atom stereocenters. The van der Waals surface area contributed by atoms with E-state index in [9.17, 15) is 4.79 Å². The van der Waals surface area contributed by atoms with Crippen molar-refractivity contribution in [1.82, 2.24) is 5.32 Å². The van der Waals surface area contributed by atoms with E-state index in [-0.39, 0.29) is 10.7 Å². The Balaban J connectivity index is 3.97. The smallest absolute Gasteiger partial charge is 0.235 e. The van der Waals surface area contributed by atoms with Crippen LogP contribution in [0, 0.1) is 0 Å². The van der Waals surface area contributed by atoms with Gasteiger partial charge in [-0.05, 0) is 20.1 Å². The van der Waals surface area contributed by atoms with Crippen LogP contribution in [0.15, 0.2) is 0 Å². The van der Waals surface area contributed by atoms with E-state index in [0.29, 0.717) is 0 Å². The van der Waals surface area contributed by atoms with Crippen molar-refractivity contribution in [1.29, 1.82) is 0 Å². The Labute approximate surface area is 60.4 Å². The molecule has 0 aromatic carbocycles. The number of carbonyl (C=O) groups is 1. The maximum absolute atomic E-state index is 10.9. The van der Waals surface area contributed by atoms with Gasteiger partial charge in [0.1, 0.15) is 0 Å². The van der Waals surface area contributed by atoms with Gasteiger partial charge in [0.05, 0.1) is 4.75 Å². The molecule has 2 nitrogen and oxygen atoms in total. The van der Waals surface area contributed by atoms with Crippen LogP contribution in [0.2, 0.25) is 0 Å². The van der Waals surface area contributed by atoms with Gasteiger partial charge < -0.3 is 5.32 Å². The summed E-state index contributed by atoms with van der Waals surface area (Å²) in [6, 6.07) is 0. The summed E-state index contributed by atoms with van der Waals surface area (Å²) in [6.07, 6.45) is 1.93. The van der Waals surface area contributed by atoms with Crippen LogP contribution in [-0.4, -0.2) is 24.0 Å². The van der Waals surface area contributed by atoms with Crippen molar-refractivity contribution >= 4 is 17.7 Å². The molecule has 0 fully saturated rings. The van der Waals surface area contributed by atoms with Crippen LogP contribution in [0.1, 0.15) is 13.8 Å². The minimum Gasteiger partial charge on any atom is -0.358 e. The predicted octanol–water partition coefficient (Wildman–Crippen LogP) is 0.874. The van der Waals surface area contributed by atoms with Gasteiger partial charge in [-0.15, -0.1) is 11.8 Å². The molecule has 0 radical (unpaired) electrons. The van der Waals surface area contributed by atoms with E-state index in [1.807, 2.05) is 20.1 Å². The molecule has 0 aromatic heterocycles. The summed E-state index contributed by atoms with van der Waals surface area (Å²) in [6.45, 7) is 3.80. The lowest BCUT2D eigenvalue weighted by atomic mass is 10.2. The molecule has 1 amide bonds. The quantitative estimate of drug-likeness (QED) is 0.628. The summed E-state index contributed by atoms with van der Waals surface area (Å²) in [5, 5.41) is 2.60. The second-order valence-corrected chi connectivity index (χ2v) is 3.72. The zero-order chi connectivity index (χ0) is 7.49. The Kier molecular flexibility index (Phi) is 3.04. The lowest BCUT2D eigenvalue weighted by Gasteiger charge is -2.18. The minimum absolute atomic E-state index is 0.0787. The Hall–Kier alpha value is -0.180. The molecule has 0 aliphatic heterocycles. The second kappa shape index (κ2) is 3.11. The predicted molar refractivity (Wildman–Crippen MR) is 41.7 cm³/mol. The highest BCUT2D eigenvalue weighted by Gasteiger charge is 2.24. The largest absolute Gasteiger partial charge is 0.358 e. The third-order valence-electron chi connectivity index (χ3n) is 1.28. The normalized spacial score (nSPS) is 11.1. The van der Waals surface area contributed by atoms with Crippen molar-refractivity contribution in [3.63, 3.8) is 0 Å². The first-order valence-electron chi connectivity index (χ1n) is 2.82. The highest BCUT2D eigenvalue weighted by molar-refractivity contribution is 8.00. The molecule has 0 bridgehead atoms. The standard InChI is InChI=1S/C6H13NOS/c1-6(2,9-4)5(8)7-3/h1-4H3,(H,7,8). The average molecular weight is 147 g/mol. The first-order valence-corrected chi connectivity index (χ1v) is 4.04. The second-order valence-electron chi connectivity index (χ2n) is 2.29. The Morgan fingerprint density at radius 3 is 2.11 bits per heavy atom. The molecule has 0 saturated carbocycles. The highest BCUT2D eigenvalue weighted by atomic mass is 32.2. The van der Waals surface area contributed by atoms with Gasteiger partial charge in [-0.2, -0.15) is 0 Å². The molecule has 0 aromatic rings. The lowest BCUT2D eigenvalue weighted by molar-refractivity contribution is -0.122. The van der Waals surface area contributed by atoms with Crippen molar-refractivity contribution in [2.45, 2.75) is 18.6 Å². The van der Waals surface area contributed by atoms with Crippen molar-refractivity contribution in [3.8, 4) is 0 Å².